The summed E-state index contributed by atoms with van der Waals surface area (Å²) in [4.78, 5) is 23.8. The van der Waals surface area contributed by atoms with Crippen molar-refractivity contribution in [1.82, 2.24) is 0 Å². The fourth-order valence-electron chi connectivity index (χ4n) is 3.85. The van der Waals surface area contributed by atoms with Gasteiger partial charge in [-0.25, -0.2) is 9.59 Å². The van der Waals surface area contributed by atoms with Crippen molar-refractivity contribution in [2.75, 3.05) is 6.61 Å². The SMILES string of the molecule is CCCCCCCCCCCCOc1ccc(/C=C/C(=O)Oc2ccc(/C=C/C(=O)OC(C)C)cc2)cc1. The highest BCUT2D eigenvalue weighted by Gasteiger charge is 2.03. The normalized spacial score (nSPS) is 11.4. The second kappa shape index (κ2) is 18.8. The van der Waals surface area contributed by atoms with Crippen molar-refractivity contribution in [2.45, 2.75) is 91.1 Å². The standard InChI is InChI=1S/C33H44O5/c1-4-5-6-7-8-9-10-11-12-13-26-36-30-20-14-28(15-21-30)19-25-33(35)38-31-22-16-29(17-23-31)18-24-32(34)37-27(2)3/h14-25,27H,4-13,26H2,1-3H3/b24-18+,25-19+. The number of rotatable bonds is 18. The van der Waals surface area contributed by atoms with Gasteiger partial charge >= 0.3 is 11.9 Å². The Labute approximate surface area is 228 Å². The van der Waals surface area contributed by atoms with Gasteiger partial charge < -0.3 is 14.2 Å². The van der Waals surface area contributed by atoms with Gasteiger partial charge in [-0.15, -0.1) is 0 Å². The molecule has 0 aliphatic rings. The second-order valence-electron chi connectivity index (χ2n) is 9.74. The molecule has 2 aromatic rings. The Morgan fingerprint density at radius 1 is 0.658 bits per heavy atom. The van der Waals surface area contributed by atoms with Crippen molar-refractivity contribution >= 4 is 24.1 Å². The fourth-order valence-corrected chi connectivity index (χ4v) is 3.85. The van der Waals surface area contributed by atoms with E-state index in [-0.39, 0.29) is 6.10 Å². The Morgan fingerprint density at radius 3 is 1.66 bits per heavy atom. The molecule has 0 aromatic heterocycles. The minimum atomic E-state index is -0.463. The number of hydrogen-bond acceptors (Lipinski definition) is 5. The summed E-state index contributed by atoms with van der Waals surface area (Å²) in [7, 11) is 0. The van der Waals surface area contributed by atoms with Crippen molar-refractivity contribution in [3.63, 3.8) is 0 Å². The molecule has 0 saturated heterocycles. The van der Waals surface area contributed by atoms with Gasteiger partial charge in [0.15, 0.2) is 0 Å². The van der Waals surface area contributed by atoms with E-state index in [1.807, 2.05) is 24.3 Å². The molecule has 2 rings (SSSR count). The van der Waals surface area contributed by atoms with Crippen LogP contribution in [0, 0.1) is 0 Å². The summed E-state index contributed by atoms with van der Waals surface area (Å²) >= 11 is 0. The van der Waals surface area contributed by atoms with E-state index in [1.54, 1.807) is 50.3 Å². The van der Waals surface area contributed by atoms with E-state index in [4.69, 9.17) is 14.2 Å². The van der Waals surface area contributed by atoms with Gasteiger partial charge in [-0.3, -0.25) is 0 Å². The quantitative estimate of drug-likeness (QED) is 0.0852. The minimum absolute atomic E-state index is 0.160. The van der Waals surface area contributed by atoms with Gasteiger partial charge in [-0.1, -0.05) is 89.0 Å². The van der Waals surface area contributed by atoms with Gasteiger partial charge in [0.25, 0.3) is 0 Å². The fraction of sp³-hybridized carbons (Fsp3) is 0.455. The van der Waals surface area contributed by atoms with E-state index in [1.165, 1.54) is 69.9 Å². The lowest BCUT2D eigenvalue weighted by molar-refractivity contribution is -0.141. The highest BCUT2D eigenvalue weighted by molar-refractivity contribution is 5.89. The van der Waals surface area contributed by atoms with E-state index in [2.05, 4.69) is 6.92 Å². The Bertz CT molecular complexity index is 987. The highest BCUT2D eigenvalue weighted by atomic mass is 16.5. The molecule has 0 saturated carbocycles. The number of carbonyl (C=O) groups excluding carboxylic acids is 2. The molecule has 0 fully saturated rings. The first-order valence-corrected chi connectivity index (χ1v) is 14.1. The van der Waals surface area contributed by atoms with Crippen LogP contribution in [0.3, 0.4) is 0 Å². The van der Waals surface area contributed by atoms with E-state index in [9.17, 15) is 9.59 Å². The van der Waals surface area contributed by atoms with Gasteiger partial charge in [0.05, 0.1) is 12.7 Å². The van der Waals surface area contributed by atoms with Gasteiger partial charge in [0.2, 0.25) is 0 Å². The van der Waals surface area contributed by atoms with Crippen LogP contribution in [-0.4, -0.2) is 24.6 Å². The largest absolute Gasteiger partial charge is 0.494 e. The number of ether oxygens (including phenoxy) is 3. The zero-order valence-electron chi connectivity index (χ0n) is 23.3. The van der Waals surface area contributed by atoms with E-state index >= 15 is 0 Å². The molecule has 0 N–H and O–H groups in total. The molecule has 0 bridgehead atoms. The van der Waals surface area contributed by atoms with E-state index in [0.717, 1.165) is 29.9 Å². The Kier molecular flexibility index (Phi) is 15.3. The molecule has 5 nitrogen and oxygen atoms in total. The molecular formula is C33H44O5. The molecule has 0 amide bonds. The molecule has 0 unspecified atom stereocenters. The van der Waals surface area contributed by atoms with Crippen LogP contribution in [0.5, 0.6) is 11.5 Å². The average molecular weight is 521 g/mol. The van der Waals surface area contributed by atoms with Crippen LogP contribution in [-0.2, 0) is 14.3 Å². The number of benzene rings is 2. The third kappa shape index (κ3) is 14.4. The monoisotopic (exact) mass is 520 g/mol. The molecule has 0 aliphatic carbocycles. The zero-order chi connectivity index (χ0) is 27.4. The van der Waals surface area contributed by atoms with Gasteiger partial charge in [-0.05, 0) is 67.8 Å². The lowest BCUT2D eigenvalue weighted by Gasteiger charge is -2.06. The van der Waals surface area contributed by atoms with Crippen molar-refractivity contribution in [2.24, 2.45) is 0 Å². The maximum absolute atomic E-state index is 12.2. The summed E-state index contributed by atoms with van der Waals surface area (Å²) in [5.74, 6) is 0.411. The molecule has 206 valence electrons. The Morgan fingerprint density at radius 2 is 1.13 bits per heavy atom. The Hall–Kier alpha value is -3.34. The smallest absolute Gasteiger partial charge is 0.336 e. The predicted octanol–water partition coefficient (Wildman–Crippen LogP) is 8.57. The number of unbranched alkanes of at least 4 members (excludes halogenated alkanes) is 9. The van der Waals surface area contributed by atoms with Crippen LogP contribution in [0.4, 0.5) is 0 Å². The third-order valence-corrected chi connectivity index (χ3v) is 5.92. The van der Waals surface area contributed by atoms with Crippen LogP contribution >= 0.6 is 0 Å². The molecule has 0 heterocycles. The second-order valence-corrected chi connectivity index (χ2v) is 9.74. The maximum atomic E-state index is 12.2. The summed E-state index contributed by atoms with van der Waals surface area (Å²) < 4.78 is 16.3. The highest BCUT2D eigenvalue weighted by Crippen LogP contribution is 2.16. The molecule has 0 aliphatic heterocycles. The zero-order valence-corrected chi connectivity index (χ0v) is 23.3. The van der Waals surface area contributed by atoms with E-state index < -0.39 is 11.9 Å². The summed E-state index contributed by atoms with van der Waals surface area (Å²) in [5.41, 5.74) is 1.69. The number of hydrogen-bond donors (Lipinski definition) is 0. The number of esters is 2. The van der Waals surface area contributed by atoms with Gasteiger partial charge in [0.1, 0.15) is 11.5 Å². The molecule has 0 radical (unpaired) electrons. The van der Waals surface area contributed by atoms with Gasteiger partial charge in [0, 0.05) is 12.2 Å². The van der Waals surface area contributed by atoms with Crippen molar-refractivity contribution in [3.8, 4) is 11.5 Å². The molecule has 0 atom stereocenters. The van der Waals surface area contributed by atoms with Crippen LogP contribution in [0.1, 0.15) is 96.1 Å². The van der Waals surface area contributed by atoms with Crippen LogP contribution < -0.4 is 9.47 Å². The molecule has 38 heavy (non-hydrogen) atoms. The first-order valence-electron chi connectivity index (χ1n) is 14.1. The van der Waals surface area contributed by atoms with Crippen molar-refractivity contribution in [1.29, 1.82) is 0 Å². The summed E-state index contributed by atoms with van der Waals surface area (Å²) in [5, 5.41) is 0. The molecule has 2 aromatic carbocycles. The Balaban J connectivity index is 1.63. The van der Waals surface area contributed by atoms with Gasteiger partial charge in [-0.2, -0.15) is 0 Å². The van der Waals surface area contributed by atoms with Crippen LogP contribution in [0.25, 0.3) is 12.2 Å². The minimum Gasteiger partial charge on any atom is -0.494 e. The number of carbonyl (C=O) groups is 2. The lowest BCUT2D eigenvalue weighted by Crippen LogP contribution is -2.08. The van der Waals surface area contributed by atoms with Crippen LogP contribution in [0.2, 0.25) is 0 Å². The molecular weight excluding hydrogens is 476 g/mol. The van der Waals surface area contributed by atoms with Crippen LogP contribution in [0.15, 0.2) is 60.7 Å². The summed E-state index contributed by atoms with van der Waals surface area (Å²) in [6.07, 6.45) is 19.1. The van der Waals surface area contributed by atoms with Crippen molar-refractivity contribution in [3.05, 3.63) is 71.8 Å². The summed E-state index contributed by atoms with van der Waals surface area (Å²) in [6, 6.07) is 14.6. The summed E-state index contributed by atoms with van der Waals surface area (Å²) in [6.45, 7) is 6.59. The molecule has 5 heteroatoms. The van der Waals surface area contributed by atoms with Crippen molar-refractivity contribution < 1.29 is 23.8 Å². The lowest BCUT2D eigenvalue weighted by atomic mass is 10.1. The molecule has 0 spiro atoms. The predicted molar refractivity (Wildman–Crippen MR) is 155 cm³/mol. The third-order valence-electron chi connectivity index (χ3n) is 5.92. The first-order chi connectivity index (χ1) is 18.5. The maximum Gasteiger partial charge on any atom is 0.336 e. The topological polar surface area (TPSA) is 61.8 Å². The van der Waals surface area contributed by atoms with E-state index in [0.29, 0.717) is 5.75 Å². The average Bonchev–Trinajstić information content (AvgIpc) is 2.90. The first kappa shape index (κ1) is 30.9.